The van der Waals surface area contributed by atoms with Crippen LogP contribution in [0.1, 0.15) is 16.8 Å². The molecule has 1 aromatic rings. The minimum atomic E-state index is 1.23. The molecule has 0 aliphatic heterocycles. The number of aromatic amines is 1. The van der Waals surface area contributed by atoms with Crippen molar-refractivity contribution < 1.29 is 18.3 Å². The molecule has 0 atom stereocenters. The second-order valence-electron chi connectivity index (χ2n) is 2.30. The Morgan fingerprint density at radius 1 is 1.11 bits per heavy atom. The Kier molecular flexibility index (Phi) is 1.76. The number of H-pyrrole nitrogens is 1. The molecular weight excluding hydrogens is 199 g/mol. The van der Waals surface area contributed by atoms with E-state index in [1.54, 1.807) is 0 Å². The Balaban J connectivity index is 3.29. The molecule has 9 heavy (non-hydrogen) atoms. The SMILES string of the molecule is Cc1[nH][c]([Ru])c(C)c1C. The van der Waals surface area contributed by atoms with Gasteiger partial charge in [-0.2, -0.15) is 0 Å². The van der Waals surface area contributed by atoms with Gasteiger partial charge in [-0.25, -0.2) is 0 Å². The maximum absolute atomic E-state index is 3.24. The molecule has 1 heterocycles. The molecule has 0 unspecified atom stereocenters. The predicted octanol–water partition coefficient (Wildman–Crippen LogP) is 1.11. The van der Waals surface area contributed by atoms with Crippen LogP contribution in [0.3, 0.4) is 0 Å². The molecule has 0 aromatic carbocycles. The number of nitrogens with one attached hydrogen (secondary N) is 1. The number of rotatable bonds is 0. The average molecular weight is 209 g/mol. The second-order valence-corrected chi connectivity index (χ2v) is 3.17. The zero-order chi connectivity index (χ0) is 7.02. The molecule has 2 heteroatoms. The summed E-state index contributed by atoms with van der Waals surface area (Å²) in [5.74, 6) is 0. The minimum absolute atomic E-state index is 1.23. The van der Waals surface area contributed by atoms with E-state index in [1.165, 1.54) is 21.1 Å². The number of hydrogen-bond acceptors (Lipinski definition) is 0. The van der Waals surface area contributed by atoms with Crippen LogP contribution in [-0.4, -0.2) is 4.98 Å². The molecule has 1 aromatic heterocycles. The Bertz CT molecular complexity index is 203. The van der Waals surface area contributed by atoms with Crippen LogP contribution in [0.2, 0.25) is 0 Å². The van der Waals surface area contributed by atoms with Crippen molar-refractivity contribution in [1.29, 1.82) is 0 Å². The van der Waals surface area contributed by atoms with Gasteiger partial charge >= 0.3 is 65.2 Å². The van der Waals surface area contributed by atoms with Crippen LogP contribution < -0.4 is 4.29 Å². The van der Waals surface area contributed by atoms with E-state index >= 15 is 0 Å². The molecule has 0 fully saturated rings. The van der Waals surface area contributed by atoms with Crippen LogP contribution in [0.5, 0.6) is 0 Å². The Morgan fingerprint density at radius 3 is 1.78 bits per heavy atom. The van der Waals surface area contributed by atoms with E-state index in [2.05, 4.69) is 44.1 Å². The second kappa shape index (κ2) is 2.26. The molecule has 0 aliphatic carbocycles. The molecule has 0 bridgehead atoms. The molecule has 0 spiro atoms. The fourth-order valence-corrected chi connectivity index (χ4v) is 1.44. The summed E-state index contributed by atoms with van der Waals surface area (Å²) in [6.45, 7) is 6.36. The van der Waals surface area contributed by atoms with Crippen LogP contribution in [-0.2, 0) is 18.3 Å². The first-order valence-electron chi connectivity index (χ1n) is 2.93. The van der Waals surface area contributed by atoms with Gasteiger partial charge in [0.15, 0.2) is 0 Å². The molecule has 0 radical (unpaired) electrons. The van der Waals surface area contributed by atoms with E-state index in [-0.39, 0.29) is 0 Å². The summed E-state index contributed by atoms with van der Waals surface area (Å²) in [7, 11) is 0. The first-order chi connectivity index (χ1) is 4.13. The molecule has 1 N–H and O–H groups in total. The summed E-state index contributed by atoms with van der Waals surface area (Å²) >= 11 is 2.59. The van der Waals surface area contributed by atoms with Gasteiger partial charge in [0.25, 0.3) is 0 Å². The van der Waals surface area contributed by atoms with E-state index in [1.807, 2.05) is 0 Å². The first kappa shape index (κ1) is 7.02. The van der Waals surface area contributed by atoms with Gasteiger partial charge in [-0.1, -0.05) is 0 Å². The molecule has 0 aliphatic rings. The van der Waals surface area contributed by atoms with Gasteiger partial charge in [0.1, 0.15) is 0 Å². The summed E-state index contributed by atoms with van der Waals surface area (Å²) < 4.78 is 1.23. The molecule has 51 valence electrons. The van der Waals surface area contributed by atoms with E-state index in [4.69, 9.17) is 0 Å². The Morgan fingerprint density at radius 2 is 1.67 bits per heavy atom. The Hall–Kier alpha value is -0.0966. The molecule has 1 rings (SSSR count). The summed E-state index contributed by atoms with van der Waals surface area (Å²) in [4.78, 5) is 3.24. The van der Waals surface area contributed by atoms with Gasteiger partial charge in [-0.3, -0.25) is 0 Å². The number of aryl methyl sites for hydroxylation is 1. The molecule has 0 amide bonds. The van der Waals surface area contributed by atoms with E-state index < -0.39 is 0 Å². The molecule has 0 saturated carbocycles. The summed E-state index contributed by atoms with van der Waals surface area (Å²) in [5.41, 5.74) is 4.02. The van der Waals surface area contributed by atoms with E-state index in [0.717, 1.165) is 0 Å². The van der Waals surface area contributed by atoms with Crippen LogP contribution in [0, 0.1) is 20.8 Å². The zero-order valence-electron chi connectivity index (χ0n) is 5.85. The average Bonchev–Trinajstić information content (AvgIpc) is 1.98. The van der Waals surface area contributed by atoms with Gasteiger partial charge < -0.3 is 0 Å². The van der Waals surface area contributed by atoms with Crippen LogP contribution in [0.15, 0.2) is 0 Å². The monoisotopic (exact) mass is 210 g/mol. The third-order valence-electron chi connectivity index (χ3n) is 1.74. The van der Waals surface area contributed by atoms with Gasteiger partial charge in [0, 0.05) is 0 Å². The van der Waals surface area contributed by atoms with Crippen LogP contribution in [0.25, 0.3) is 0 Å². The normalized spacial score (nSPS) is 10.2. The molecule has 1 nitrogen and oxygen atoms in total. The topological polar surface area (TPSA) is 15.8 Å². The van der Waals surface area contributed by atoms with Gasteiger partial charge in [0.05, 0.1) is 0 Å². The molecule has 0 saturated heterocycles. The van der Waals surface area contributed by atoms with Crippen molar-refractivity contribution in [2.75, 3.05) is 0 Å². The van der Waals surface area contributed by atoms with E-state index in [9.17, 15) is 0 Å². The zero-order valence-corrected chi connectivity index (χ0v) is 7.59. The van der Waals surface area contributed by atoms with Gasteiger partial charge in [-0.15, -0.1) is 0 Å². The summed E-state index contributed by atoms with van der Waals surface area (Å²) in [5, 5.41) is 0. The number of aromatic nitrogens is 1. The van der Waals surface area contributed by atoms with Crippen LogP contribution >= 0.6 is 0 Å². The maximum atomic E-state index is 3.24. The van der Waals surface area contributed by atoms with Crippen LogP contribution in [0.4, 0.5) is 0 Å². The first-order valence-corrected chi connectivity index (χ1v) is 3.80. The van der Waals surface area contributed by atoms with Crippen molar-refractivity contribution in [2.24, 2.45) is 0 Å². The van der Waals surface area contributed by atoms with Crippen molar-refractivity contribution >= 4 is 4.29 Å². The fraction of sp³-hybridized carbons (Fsp3) is 0.429. The summed E-state index contributed by atoms with van der Waals surface area (Å²) in [6, 6.07) is 0. The predicted molar refractivity (Wildman–Crippen MR) is 34.6 cm³/mol. The quantitative estimate of drug-likeness (QED) is 0.616. The van der Waals surface area contributed by atoms with Crippen molar-refractivity contribution in [3.63, 3.8) is 0 Å². The van der Waals surface area contributed by atoms with Crippen molar-refractivity contribution in [1.82, 2.24) is 4.98 Å². The summed E-state index contributed by atoms with van der Waals surface area (Å²) in [6.07, 6.45) is 0. The van der Waals surface area contributed by atoms with Crippen molar-refractivity contribution in [3.8, 4) is 0 Å². The third-order valence-corrected chi connectivity index (χ3v) is 2.61. The third kappa shape index (κ3) is 1.09. The number of hydrogen-bond donors (Lipinski definition) is 1. The van der Waals surface area contributed by atoms with Crippen molar-refractivity contribution in [2.45, 2.75) is 20.8 Å². The molecular formula is C7H10NRu. The van der Waals surface area contributed by atoms with Gasteiger partial charge in [0.2, 0.25) is 0 Å². The fourth-order valence-electron chi connectivity index (χ4n) is 0.789. The van der Waals surface area contributed by atoms with Crippen molar-refractivity contribution in [3.05, 3.63) is 16.8 Å². The van der Waals surface area contributed by atoms with E-state index in [0.29, 0.717) is 0 Å². The van der Waals surface area contributed by atoms with Gasteiger partial charge in [-0.05, 0) is 0 Å². The Labute approximate surface area is 65.5 Å². The standard InChI is InChI=1S/C7H10N.Ru/c1-5-4-8-7(3)6(5)2;/h8H,1-3H3;.